The van der Waals surface area contributed by atoms with Gasteiger partial charge in [-0.1, -0.05) is 0 Å². The second-order valence-electron chi connectivity index (χ2n) is 3.00. The van der Waals surface area contributed by atoms with Gasteiger partial charge in [0.05, 0.1) is 7.11 Å². The Kier molecular flexibility index (Phi) is 3.91. The molecule has 1 amide bonds. The Bertz CT molecular complexity index is 287. The first-order valence-electron chi connectivity index (χ1n) is 4.42. The van der Waals surface area contributed by atoms with Crippen molar-refractivity contribution in [3.05, 3.63) is 30.1 Å². The van der Waals surface area contributed by atoms with Gasteiger partial charge in [-0.15, -0.1) is 0 Å². The van der Waals surface area contributed by atoms with Crippen molar-refractivity contribution in [1.29, 1.82) is 0 Å². The highest BCUT2D eigenvalue weighted by atomic mass is 16.5. The summed E-state index contributed by atoms with van der Waals surface area (Å²) >= 11 is 0. The van der Waals surface area contributed by atoms with Crippen LogP contribution < -0.4 is 0 Å². The van der Waals surface area contributed by atoms with Gasteiger partial charge in [0.1, 0.15) is 0 Å². The van der Waals surface area contributed by atoms with Crippen LogP contribution >= 0.6 is 0 Å². The summed E-state index contributed by atoms with van der Waals surface area (Å²) in [5, 5.41) is 0. The van der Waals surface area contributed by atoms with Crippen LogP contribution in [0.3, 0.4) is 0 Å². The van der Waals surface area contributed by atoms with Gasteiger partial charge in [-0.05, 0) is 24.1 Å². The van der Waals surface area contributed by atoms with Crippen molar-refractivity contribution in [3.8, 4) is 0 Å². The normalized spacial score (nSPS) is 9.57. The van der Waals surface area contributed by atoms with E-state index in [1.807, 2.05) is 12.1 Å². The molecule has 0 aromatic carbocycles. The highest BCUT2D eigenvalue weighted by molar-refractivity contribution is 5.66. The van der Waals surface area contributed by atoms with Crippen molar-refractivity contribution in [2.24, 2.45) is 0 Å². The zero-order chi connectivity index (χ0) is 10.4. The zero-order valence-electron chi connectivity index (χ0n) is 8.43. The number of hydrogen-bond acceptors (Lipinski definition) is 3. The number of hydrogen-bond donors (Lipinski definition) is 0. The molecule has 0 saturated carbocycles. The van der Waals surface area contributed by atoms with Crippen LogP contribution in [0, 0.1) is 0 Å². The molecule has 0 atom stereocenters. The number of methoxy groups -OCH3 is 1. The molecule has 1 aromatic rings. The molecule has 1 rings (SSSR count). The minimum absolute atomic E-state index is 0.306. The third kappa shape index (κ3) is 3.05. The molecular formula is C10H14N2O2. The lowest BCUT2D eigenvalue weighted by Crippen LogP contribution is -2.28. The number of carbonyl (C=O) groups excluding carboxylic acids is 1. The van der Waals surface area contributed by atoms with Gasteiger partial charge in [0.15, 0.2) is 0 Å². The molecule has 4 heteroatoms. The molecule has 0 aliphatic heterocycles. The largest absolute Gasteiger partial charge is 0.453 e. The van der Waals surface area contributed by atoms with E-state index in [9.17, 15) is 4.79 Å². The lowest BCUT2D eigenvalue weighted by molar-refractivity contribution is 0.134. The molecule has 1 aromatic heterocycles. The molecule has 0 unspecified atom stereocenters. The number of amides is 1. The van der Waals surface area contributed by atoms with Crippen LogP contribution in [0.25, 0.3) is 0 Å². The zero-order valence-corrected chi connectivity index (χ0v) is 8.43. The maximum Gasteiger partial charge on any atom is 0.409 e. The summed E-state index contributed by atoms with van der Waals surface area (Å²) in [6, 6.07) is 3.87. The fourth-order valence-electron chi connectivity index (χ4n) is 1.09. The quantitative estimate of drug-likeness (QED) is 0.728. The number of rotatable bonds is 3. The third-order valence-electron chi connectivity index (χ3n) is 1.97. The van der Waals surface area contributed by atoms with E-state index in [1.54, 1.807) is 24.3 Å². The maximum absolute atomic E-state index is 11.0. The predicted molar refractivity (Wildman–Crippen MR) is 53.0 cm³/mol. The minimum atomic E-state index is -0.306. The molecule has 0 N–H and O–H groups in total. The number of carbonyl (C=O) groups is 1. The summed E-state index contributed by atoms with van der Waals surface area (Å²) in [5.41, 5.74) is 1.16. The monoisotopic (exact) mass is 194 g/mol. The van der Waals surface area contributed by atoms with E-state index in [0.29, 0.717) is 6.54 Å². The van der Waals surface area contributed by atoms with Crippen molar-refractivity contribution >= 4 is 6.09 Å². The highest BCUT2D eigenvalue weighted by Crippen LogP contribution is 1.99. The molecule has 0 spiro atoms. The second kappa shape index (κ2) is 5.21. The van der Waals surface area contributed by atoms with Crippen LogP contribution in [0.15, 0.2) is 24.5 Å². The Morgan fingerprint density at radius 1 is 1.50 bits per heavy atom. The number of pyridine rings is 1. The van der Waals surface area contributed by atoms with Crippen molar-refractivity contribution in [2.45, 2.75) is 6.42 Å². The van der Waals surface area contributed by atoms with E-state index in [0.717, 1.165) is 12.0 Å². The SMILES string of the molecule is COC(=O)N(C)CCc1ccncc1. The first kappa shape index (κ1) is 10.5. The van der Waals surface area contributed by atoms with Crippen molar-refractivity contribution in [1.82, 2.24) is 9.88 Å². The fraction of sp³-hybridized carbons (Fsp3) is 0.400. The molecule has 4 nitrogen and oxygen atoms in total. The van der Waals surface area contributed by atoms with Gasteiger partial charge < -0.3 is 9.64 Å². The molecule has 0 radical (unpaired) electrons. The van der Waals surface area contributed by atoms with Gasteiger partial charge in [-0.25, -0.2) is 4.79 Å². The Morgan fingerprint density at radius 3 is 2.71 bits per heavy atom. The summed E-state index contributed by atoms with van der Waals surface area (Å²) in [7, 11) is 3.10. The number of aromatic nitrogens is 1. The van der Waals surface area contributed by atoms with Gasteiger partial charge in [0, 0.05) is 26.0 Å². The van der Waals surface area contributed by atoms with Gasteiger partial charge >= 0.3 is 6.09 Å². The van der Waals surface area contributed by atoms with E-state index in [-0.39, 0.29) is 6.09 Å². The second-order valence-corrected chi connectivity index (χ2v) is 3.00. The van der Waals surface area contributed by atoms with Crippen LogP contribution in [-0.2, 0) is 11.2 Å². The summed E-state index contributed by atoms with van der Waals surface area (Å²) in [6.45, 7) is 0.649. The van der Waals surface area contributed by atoms with Crippen LogP contribution in [0.5, 0.6) is 0 Å². The van der Waals surface area contributed by atoms with E-state index >= 15 is 0 Å². The van der Waals surface area contributed by atoms with E-state index in [4.69, 9.17) is 0 Å². The highest BCUT2D eigenvalue weighted by Gasteiger charge is 2.06. The Labute approximate surface area is 83.5 Å². The predicted octanol–water partition coefficient (Wildman–Crippen LogP) is 1.32. The number of ether oxygens (including phenoxy) is 1. The molecule has 0 saturated heterocycles. The van der Waals surface area contributed by atoms with Crippen molar-refractivity contribution < 1.29 is 9.53 Å². The summed E-state index contributed by atoms with van der Waals surface area (Å²) in [4.78, 5) is 16.5. The lowest BCUT2D eigenvalue weighted by Gasteiger charge is -2.14. The van der Waals surface area contributed by atoms with E-state index < -0.39 is 0 Å². The maximum atomic E-state index is 11.0. The number of nitrogens with zero attached hydrogens (tertiary/aromatic N) is 2. The Balaban J connectivity index is 2.38. The minimum Gasteiger partial charge on any atom is -0.453 e. The average Bonchev–Trinajstić information content (AvgIpc) is 2.26. The van der Waals surface area contributed by atoms with E-state index in [1.165, 1.54) is 7.11 Å². The summed E-state index contributed by atoms with van der Waals surface area (Å²) in [5.74, 6) is 0. The molecule has 0 fully saturated rings. The first-order valence-corrected chi connectivity index (χ1v) is 4.42. The Hall–Kier alpha value is -1.58. The smallest absolute Gasteiger partial charge is 0.409 e. The van der Waals surface area contributed by atoms with Gasteiger partial charge in [0.2, 0.25) is 0 Å². The molecule has 14 heavy (non-hydrogen) atoms. The number of likely N-dealkylation sites (N-methyl/N-ethyl adjacent to an activating group) is 1. The molecular weight excluding hydrogens is 180 g/mol. The third-order valence-corrected chi connectivity index (χ3v) is 1.97. The van der Waals surface area contributed by atoms with Crippen LogP contribution in [0.4, 0.5) is 4.79 Å². The molecule has 0 aliphatic rings. The molecule has 1 heterocycles. The lowest BCUT2D eigenvalue weighted by atomic mass is 10.2. The standard InChI is InChI=1S/C10H14N2O2/c1-12(10(13)14-2)8-5-9-3-6-11-7-4-9/h3-4,6-7H,5,8H2,1-2H3. The van der Waals surface area contributed by atoms with E-state index in [2.05, 4.69) is 9.72 Å². The van der Waals surface area contributed by atoms with Crippen molar-refractivity contribution in [2.75, 3.05) is 20.7 Å². The molecule has 0 aliphatic carbocycles. The van der Waals surface area contributed by atoms with Gasteiger partial charge in [0.25, 0.3) is 0 Å². The molecule has 76 valence electrons. The van der Waals surface area contributed by atoms with Crippen LogP contribution in [-0.4, -0.2) is 36.7 Å². The first-order chi connectivity index (χ1) is 6.74. The average molecular weight is 194 g/mol. The van der Waals surface area contributed by atoms with Gasteiger partial charge in [-0.3, -0.25) is 4.98 Å². The van der Waals surface area contributed by atoms with Gasteiger partial charge in [-0.2, -0.15) is 0 Å². The fourth-order valence-corrected chi connectivity index (χ4v) is 1.09. The van der Waals surface area contributed by atoms with Crippen LogP contribution in [0.1, 0.15) is 5.56 Å². The summed E-state index contributed by atoms with van der Waals surface area (Å²) in [6.07, 6.45) is 3.99. The van der Waals surface area contributed by atoms with Crippen molar-refractivity contribution in [3.63, 3.8) is 0 Å². The van der Waals surface area contributed by atoms with Crippen LogP contribution in [0.2, 0.25) is 0 Å². The summed E-state index contributed by atoms with van der Waals surface area (Å²) < 4.78 is 4.58. The molecule has 0 bridgehead atoms. The topological polar surface area (TPSA) is 42.4 Å². The Morgan fingerprint density at radius 2 is 2.14 bits per heavy atom.